The number of aromatic nitrogens is 6. The van der Waals surface area contributed by atoms with Crippen LogP contribution in [0.4, 0.5) is 13.2 Å². The molecule has 0 unspecified atom stereocenters. The van der Waals surface area contributed by atoms with Crippen molar-refractivity contribution in [1.29, 1.82) is 0 Å². The fourth-order valence-corrected chi connectivity index (χ4v) is 8.25. The van der Waals surface area contributed by atoms with E-state index in [1.165, 1.54) is 73.2 Å². The Hall–Kier alpha value is -6.08. The minimum Gasteiger partial charge on any atom is -0.753 e. The summed E-state index contributed by atoms with van der Waals surface area (Å²) >= 11 is 7.07. The Morgan fingerprint density at radius 1 is 0.731 bits per heavy atom. The van der Waals surface area contributed by atoms with Gasteiger partial charge in [0.1, 0.15) is 17.2 Å². The van der Waals surface area contributed by atoms with E-state index in [2.05, 4.69) is 91.6 Å². The van der Waals surface area contributed by atoms with Crippen LogP contribution in [0.15, 0.2) is 96.8 Å². The fraction of sp³-hybridized carbons (Fsp3) is 0.265. The van der Waals surface area contributed by atoms with Crippen LogP contribution in [-0.4, -0.2) is 43.1 Å². The topological polar surface area (TPSA) is 153 Å². The first-order valence-corrected chi connectivity index (χ1v) is 23.1. The molecule has 7 rings (SSSR count). The molecule has 7 aromatic heterocycles. The SMILES string of the molecule is CCCCCCc1ccc(-c2ccnc(-c3cc(C(F)(F)F)n[n-]3)c2)s1.CCCCCCc1ccsc1C#Cc1ccnc(-c2cc(OC=O)cc(-c3cc(OC=O)ccn3)n2)c1.[N-]=C=S.[Ru+2]. The number of thiocarbonyl (C=S) groups is 1. The van der Waals surface area contributed by atoms with Gasteiger partial charge in [0.15, 0.2) is 0 Å². The molecule has 0 fully saturated rings. The van der Waals surface area contributed by atoms with Gasteiger partial charge in [0.2, 0.25) is 0 Å². The second-order valence-corrected chi connectivity index (χ2v) is 16.6. The number of hydrogen-bond acceptors (Lipinski definition) is 12. The van der Waals surface area contributed by atoms with Crippen LogP contribution in [0.5, 0.6) is 11.5 Å². The number of pyridine rings is 4. The third kappa shape index (κ3) is 16.9. The monoisotopic (exact) mass is 1050 g/mol. The maximum atomic E-state index is 12.7. The number of unbranched alkanes of at least 4 members (excludes halogenated alkanes) is 6. The summed E-state index contributed by atoms with van der Waals surface area (Å²) < 4.78 is 48.1. The van der Waals surface area contributed by atoms with E-state index < -0.39 is 11.9 Å². The molecule has 0 spiro atoms. The first-order chi connectivity index (χ1) is 32.1. The average Bonchev–Trinajstić information content (AvgIpc) is 4.12. The molecule has 0 saturated heterocycles. The summed E-state index contributed by atoms with van der Waals surface area (Å²) in [5, 5.41) is 17.4. The van der Waals surface area contributed by atoms with Gasteiger partial charge in [0.25, 0.3) is 12.9 Å². The van der Waals surface area contributed by atoms with E-state index in [1.807, 2.05) is 18.2 Å². The summed E-state index contributed by atoms with van der Waals surface area (Å²) in [6.45, 7) is 5.09. The van der Waals surface area contributed by atoms with Crippen molar-refractivity contribution in [3.8, 4) is 67.9 Å². The Kier molecular flexibility index (Phi) is 22.5. The zero-order valence-corrected chi connectivity index (χ0v) is 40.6. The summed E-state index contributed by atoms with van der Waals surface area (Å²) in [4.78, 5) is 42.8. The number of halogens is 3. The molecule has 0 amide bonds. The van der Waals surface area contributed by atoms with Crippen molar-refractivity contribution in [2.24, 2.45) is 0 Å². The average molecular weight is 1050 g/mol. The van der Waals surface area contributed by atoms with Crippen LogP contribution in [0.2, 0.25) is 0 Å². The molecule has 11 nitrogen and oxygen atoms in total. The Morgan fingerprint density at radius 2 is 1.36 bits per heavy atom. The van der Waals surface area contributed by atoms with E-state index in [1.54, 1.807) is 65.4 Å². The molecule has 0 N–H and O–H groups in total. The molecule has 0 bridgehead atoms. The van der Waals surface area contributed by atoms with E-state index in [4.69, 9.17) is 14.9 Å². The molecule has 0 aliphatic heterocycles. The molecule has 0 radical (unpaired) electrons. The van der Waals surface area contributed by atoms with Gasteiger partial charge in [-0.2, -0.15) is 18.3 Å². The van der Waals surface area contributed by atoms with Gasteiger partial charge in [-0.1, -0.05) is 82.1 Å². The van der Waals surface area contributed by atoms with Crippen LogP contribution in [0.25, 0.3) is 50.0 Å². The standard InChI is InChI=1S/C29H25N3O4S.C19H19F3N3S.CNS.Ru/c1-2-3-4-5-6-22-11-14-37-29(22)8-7-21-9-12-30-25(15-21)27-17-24(36-20-34)18-28(32-27)26-16-23(35-19-33)10-13-31-26;1-2-3-4-5-6-14-7-8-17(26-14)13-9-10-23-15(11-13)16-12-18(25-24-16)19(20,21)22;2-1-3;/h9-20H,2-6H2,1H3;7-12H,2-6H2,1H3;;/q;2*-1;+2. The van der Waals surface area contributed by atoms with Gasteiger partial charge in [-0.3, -0.25) is 24.5 Å². The number of carbonyl (C=O) groups excluding carboxylic acids is 2. The Labute approximate surface area is 413 Å². The number of carbonyl (C=O) groups is 2. The van der Waals surface area contributed by atoms with Crippen molar-refractivity contribution < 1.29 is 51.7 Å². The smallest absolute Gasteiger partial charge is 0.753 e. The Balaban J connectivity index is 0.000000287. The number of nitrogens with zero attached hydrogens (tertiary/aromatic N) is 7. The molecular weight excluding hydrogens is 1000 g/mol. The normalized spacial score (nSPS) is 10.4. The zero-order valence-electron chi connectivity index (χ0n) is 36.4. The van der Waals surface area contributed by atoms with E-state index in [0.717, 1.165) is 39.8 Å². The van der Waals surface area contributed by atoms with E-state index >= 15 is 0 Å². The summed E-state index contributed by atoms with van der Waals surface area (Å²) in [6.07, 6.45) is 12.1. The maximum absolute atomic E-state index is 12.7. The quantitative estimate of drug-likeness (QED) is 0.0201. The van der Waals surface area contributed by atoms with Gasteiger partial charge in [-0.15, -0.1) is 22.7 Å². The summed E-state index contributed by atoms with van der Waals surface area (Å²) in [5.74, 6) is 7.16. The van der Waals surface area contributed by atoms with Crippen molar-refractivity contribution in [3.05, 3.63) is 129 Å². The number of hydrogen-bond donors (Lipinski definition) is 0. The van der Waals surface area contributed by atoms with Crippen LogP contribution >= 0.6 is 34.9 Å². The molecule has 0 saturated carbocycles. The third-order valence-corrected chi connectivity index (χ3v) is 11.7. The van der Waals surface area contributed by atoms with E-state index in [-0.39, 0.29) is 30.9 Å². The summed E-state index contributed by atoms with van der Waals surface area (Å²) in [6, 6.07) is 20.9. The molecule has 0 aromatic carbocycles. The van der Waals surface area contributed by atoms with E-state index in [0.29, 0.717) is 47.2 Å². The zero-order chi connectivity index (χ0) is 47.2. The van der Waals surface area contributed by atoms with Gasteiger partial charge in [-0.25, -0.2) is 4.98 Å². The summed E-state index contributed by atoms with van der Waals surface area (Å²) in [7, 11) is 0. The minimum atomic E-state index is -4.50. The molecule has 0 aliphatic rings. The predicted molar refractivity (Wildman–Crippen MR) is 255 cm³/mol. The van der Waals surface area contributed by atoms with Gasteiger partial charge >= 0.3 is 25.7 Å². The molecule has 346 valence electrons. The molecular formula is C49H44F3N7O4RuS3. The molecule has 7 aromatic rings. The number of thiophene rings is 2. The largest absolute Gasteiger partial charge is 2.00 e. The number of alkyl halides is 3. The van der Waals surface area contributed by atoms with Crippen molar-refractivity contribution in [2.75, 3.05) is 0 Å². The van der Waals surface area contributed by atoms with Gasteiger partial charge in [-0.05, 0) is 96.8 Å². The summed E-state index contributed by atoms with van der Waals surface area (Å²) in [5.41, 5.74) is 4.46. The van der Waals surface area contributed by atoms with Crippen LogP contribution in [0.1, 0.15) is 91.8 Å². The van der Waals surface area contributed by atoms with Gasteiger partial charge < -0.3 is 25.1 Å². The fourth-order valence-electron chi connectivity index (χ4n) is 6.41. The molecule has 0 aliphatic carbocycles. The van der Waals surface area contributed by atoms with Crippen LogP contribution < -0.4 is 14.6 Å². The van der Waals surface area contributed by atoms with Crippen molar-refractivity contribution in [1.82, 2.24) is 30.1 Å². The van der Waals surface area contributed by atoms with E-state index in [9.17, 15) is 22.8 Å². The molecule has 18 heteroatoms. The Bertz CT molecular complexity index is 2760. The van der Waals surface area contributed by atoms with Crippen molar-refractivity contribution >= 4 is 53.0 Å². The molecule has 67 heavy (non-hydrogen) atoms. The van der Waals surface area contributed by atoms with Gasteiger partial charge in [0.05, 0.1) is 33.3 Å². The van der Waals surface area contributed by atoms with Crippen LogP contribution in [0, 0.1) is 11.8 Å². The number of isothiocyanates is 1. The number of rotatable bonds is 18. The number of ether oxygens (including phenoxy) is 2. The third-order valence-electron chi connectivity index (χ3n) is 9.62. The number of aryl methyl sites for hydroxylation is 2. The second kappa shape index (κ2) is 28.2. The first kappa shape index (κ1) is 53.5. The van der Waals surface area contributed by atoms with Crippen molar-refractivity contribution in [2.45, 2.75) is 84.2 Å². The van der Waals surface area contributed by atoms with Crippen molar-refractivity contribution in [3.63, 3.8) is 0 Å². The Morgan fingerprint density at radius 3 is 2.03 bits per heavy atom. The minimum absolute atomic E-state index is 0. The van der Waals surface area contributed by atoms with Crippen LogP contribution in [-0.2, 0) is 48.1 Å². The molecule has 0 atom stereocenters. The molecule has 7 heterocycles. The van der Waals surface area contributed by atoms with Gasteiger partial charge in [0, 0.05) is 52.1 Å². The maximum Gasteiger partial charge on any atom is 2.00 e. The predicted octanol–water partition coefficient (Wildman–Crippen LogP) is 12.5. The van der Waals surface area contributed by atoms with Crippen LogP contribution in [0.3, 0.4) is 0 Å². The second-order valence-electron chi connectivity index (χ2n) is 14.4. The first-order valence-electron chi connectivity index (χ1n) is 21.0.